The number of anilines is 2. The summed E-state index contributed by atoms with van der Waals surface area (Å²) in [6.07, 6.45) is 1.14. The number of hydrogen-bond acceptors (Lipinski definition) is 6. The molecule has 3 aromatic rings. The van der Waals surface area contributed by atoms with Crippen molar-refractivity contribution in [3.63, 3.8) is 0 Å². The second-order valence-corrected chi connectivity index (χ2v) is 7.08. The first-order chi connectivity index (χ1) is 13.7. The van der Waals surface area contributed by atoms with Gasteiger partial charge in [-0.1, -0.05) is 24.3 Å². The van der Waals surface area contributed by atoms with Gasteiger partial charge in [0.25, 0.3) is 5.91 Å². The van der Waals surface area contributed by atoms with Gasteiger partial charge in [-0.05, 0) is 29.8 Å². The fourth-order valence-corrected chi connectivity index (χ4v) is 3.65. The summed E-state index contributed by atoms with van der Waals surface area (Å²) >= 11 is 1.33. The molecule has 7 nitrogen and oxygen atoms in total. The molecule has 0 saturated heterocycles. The van der Waals surface area contributed by atoms with Crippen LogP contribution in [0.1, 0.15) is 22.1 Å². The third-order valence-electron chi connectivity index (χ3n) is 4.45. The molecule has 0 spiro atoms. The van der Waals surface area contributed by atoms with Crippen LogP contribution in [0.3, 0.4) is 0 Å². The minimum Gasteiger partial charge on any atom is -0.497 e. The van der Waals surface area contributed by atoms with Gasteiger partial charge >= 0.3 is 0 Å². The Morgan fingerprint density at radius 3 is 2.75 bits per heavy atom. The zero-order valence-corrected chi connectivity index (χ0v) is 15.9. The molecule has 28 heavy (non-hydrogen) atoms. The van der Waals surface area contributed by atoms with Crippen LogP contribution in [-0.2, 0) is 4.79 Å². The number of rotatable bonds is 5. The molecule has 8 heteroatoms. The molecule has 4 rings (SSSR count). The number of fused-ring (bicyclic) bond motifs is 1. The number of hydrogen-bond donors (Lipinski definition) is 2. The predicted molar refractivity (Wildman–Crippen MR) is 108 cm³/mol. The van der Waals surface area contributed by atoms with Crippen molar-refractivity contribution in [3.05, 3.63) is 71.2 Å². The van der Waals surface area contributed by atoms with Gasteiger partial charge in [0.2, 0.25) is 5.91 Å². The molecule has 2 amide bonds. The molecule has 2 heterocycles. The summed E-state index contributed by atoms with van der Waals surface area (Å²) in [7, 11) is 1.60. The molecule has 2 N–H and O–H groups in total. The normalized spacial score (nSPS) is 15.5. The Balaban J connectivity index is 1.64. The monoisotopic (exact) mass is 394 g/mol. The van der Waals surface area contributed by atoms with Crippen LogP contribution in [0, 0.1) is 0 Å². The summed E-state index contributed by atoms with van der Waals surface area (Å²) in [5, 5.41) is 8.38. The summed E-state index contributed by atoms with van der Waals surface area (Å²) < 4.78 is 5.21. The molecule has 1 unspecified atom stereocenters. The maximum absolute atomic E-state index is 13.1. The molecule has 2 aromatic carbocycles. The average Bonchev–Trinajstić information content (AvgIpc) is 3.23. The second-order valence-electron chi connectivity index (χ2n) is 6.18. The van der Waals surface area contributed by atoms with Crippen molar-refractivity contribution >= 4 is 34.0 Å². The third-order valence-corrected chi connectivity index (χ3v) is 5.13. The standard InChI is InChI=1S/C20H18N4O3S/c1-27-14-8-6-13(7-9-14)18-22-16-5-3-2-4-15(16)19(26)24(18)12-17(25)23-20-21-10-11-28-20/h2-11,18,22H,12H2,1H3,(H,21,23,25). The van der Waals surface area contributed by atoms with E-state index in [1.54, 1.807) is 30.8 Å². The smallest absolute Gasteiger partial charge is 0.258 e. The number of ether oxygens (including phenoxy) is 1. The quantitative estimate of drug-likeness (QED) is 0.693. The molecule has 142 valence electrons. The maximum Gasteiger partial charge on any atom is 0.258 e. The fraction of sp³-hybridized carbons (Fsp3) is 0.150. The van der Waals surface area contributed by atoms with Gasteiger partial charge in [0.1, 0.15) is 18.5 Å². The van der Waals surface area contributed by atoms with E-state index in [1.807, 2.05) is 36.4 Å². The van der Waals surface area contributed by atoms with Crippen LogP contribution in [0.5, 0.6) is 5.75 Å². The van der Waals surface area contributed by atoms with Gasteiger partial charge in [0, 0.05) is 17.3 Å². The van der Waals surface area contributed by atoms with E-state index in [9.17, 15) is 9.59 Å². The molecular weight excluding hydrogens is 376 g/mol. The predicted octanol–water partition coefficient (Wildman–Crippen LogP) is 3.36. The van der Waals surface area contributed by atoms with Crippen LogP contribution in [0.2, 0.25) is 0 Å². The first-order valence-electron chi connectivity index (χ1n) is 8.65. The number of para-hydroxylation sites is 1. The van der Waals surface area contributed by atoms with Crippen molar-refractivity contribution in [3.8, 4) is 5.75 Å². The molecule has 1 atom stereocenters. The SMILES string of the molecule is COc1ccc(C2Nc3ccccc3C(=O)N2CC(=O)Nc2nccs2)cc1. The Hall–Kier alpha value is -3.39. The lowest BCUT2D eigenvalue weighted by atomic mass is 10.0. The van der Waals surface area contributed by atoms with Crippen LogP contribution in [0.25, 0.3) is 0 Å². The highest BCUT2D eigenvalue weighted by molar-refractivity contribution is 7.13. The number of nitrogens with one attached hydrogen (secondary N) is 2. The molecule has 0 radical (unpaired) electrons. The van der Waals surface area contributed by atoms with Crippen molar-refractivity contribution in [1.29, 1.82) is 0 Å². The lowest BCUT2D eigenvalue weighted by Crippen LogP contribution is -2.46. The summed E-state index contributed by atoms with van der Waals surface area (Å²) in [5.74, 6) is 0.215. The number of methoxy groups -OCH3 is 1. The Morgan fingerprint density at radius 1 is 1.25 bits per heavy atom. The number of nitrogens with zero attached hydrogens (tertiary/aromatic N) is 2. The molecule has 0 fully saturated rings. The van der Waals surface area contributed by atoms with Crippen molar-refractivity contribution in [1.82, 2.24) is 9.88 Å². The van der Waals surface area contributed by atoms with Gasteiger partial charge in [0.05, 0.1) is 12.7 Å². The molecular formula is C20H18N4O3S. The highest BCUT2D eigenvalue weighted by Gasteiger charge is 2.34. The van der Waals surface area contributed by atoms with Crippen LogP contribution in [-0.4, -0.2) is 35.4 Å². The number of carbonyl (C=O) groups excluding carboxylic acids is 2. The first kappa shape index (κ1) is 18.0. The Labute approximate surface area is 166 Å². The van der Waals surface area contributed by atoms with E-state index in [0.717, 1.165) is 17.0 Å². The number of amides is 2. The Bertz CT molecular complexity index is 989. The lowest BCUT2D eigenvalue weighted by Gasteiger charge is -2.37. The highest BCUT2D eigenvalue weighted by atomic mass is 32.1. The Morgan fingerprint density at radius 2 is 2.04 bits per heavy atom. The summed E-state index contributed by atoms with van der Waals surface area (Å²) in [4.78, 5) is 31.2. The topological polar surface area (TPSA) is 83.6 Å². The van der Waals surface area contributed by atoms with Crippen LogP contribution in [0.4, 0.5) is 10.8 Å². The van der Waals surface area contributed by atoms with Crippen LogP contribution in [0.15, 0.2) is 60.1 Å². The Kier molecular flexibility index (Phi) is 4.94. The van der Waals surface area contributed by atoms with Crippen molar-refractivity contribution in [2.45, 2.75) is 6.17 Å². The lowest BCUT2D eigenvalue weighted by molar-refractivity contribution is -0.117. The molecule has 1 aliphatic heterocycles. The van der Waals surface area contributed by atoms with Crippen LogP contribution < -0.4 is 15.4 Å². The molecule has 0 saturated carbocycles. The fourth-order valence-electron chi connectivity index (χ4n) is 3.10. The number of aromatic nitrogens is 1. The minimum absolute atomic E-state index is 0.101. The van der Waals surface area contributed by atoms with Gasteiger partial charge < -0.3 is 20.3 Å². The molecule has 1 aromatic heterocycles. The van der Waals surface area contributed by atoms with Crippen molar-refractivity contribution in [2.75, 3.05) is 24.3 Å². The van der Waals surface area contributed by atoms with E-state index in [-0.39, 0.29) is 18.4 Å². The number of thiazole rings is 1. The van der Waals surface area contributed by atoms with Crippen LogP contribution >= 0.6 is 11.3 Å². The van der Waals surface area contributed by atoms with Gasteiger partial charge in [-0.15, -0.1) is 11.3 Å². The minimum atomic E-state index is -0.477. The van der Waals surface area contributed by atoms with E-state index in [2.05, 4.69) is 15.6 Å². The van der Waals surface area contributed by atoms with Gasteiger partial charge in [-0.3, -0.25) is 9.59 Å². The van der Waals surface area contributed by atoms with Gasteiger partial charge in [-0.25, -0.2) is 4.98 Å². The average molecular weight is 394 g/mol. The molecule has 1 aliphatic rings. The summed E-state index contributed by atoms with van der Waals surface area (Å²) in [6, 6.07) is 14.7. The highest BCUT2D eigenvalue weighted by Crippen LogP contribution is 2.33. The van der Waals surface area contributed by atoms with E-state index >= 15 is 0 Å². The second kappa shape index (κ2) is 7.69. The summed E-state index contributed by atoms with van der Waals surface area (Å²) in [5.41, 5.74) is 2.13. The molecule has 0 bridgehead atoms. The number of benzene rings is 2. The van der Waals surface area contributed by atoms with E-state index in [0.29, 0.717) is 10.7 Å². The van der Waals surface area contributed by atoms with Crippen molar-refractivity contribution < 1.29 is 14.3 Å². The third kappa shape index (κ3) is 3.54. The largest absolute Gasteiger partial charge is 0.497 e. The van der Waals surface area contributed by atoms with E-state index < -0.39 is 6.17 Å². The zero-order valence-electron chi connectivity index (χ0n) is 15.1. The van der Waals surface area contributed by atoms with Gasteiger partial charge in [-0.2, -0.15) is 0 Å². The maximum atomic E-state index is 13.1. The first-order valence-corrected chi connectivity index (χ1v) is 9.53. The number of carbonyl (C=O) groups is 2. The summed E-state index contributed by atoms with van der Waals surface area (Å²) in [6.45, 7) is -0.101. The van der Waals surface area contributed by atoms with E-state index in [4.69, 9.17) is 4.74 Å². The van der Waals surface area contributed by atoms with E-state index in [1.165, 1.54) is 16.2 Å². The molecule has 0 aliphatic carbocycles. The zero-order chi connectivity index (χ0) is 19.5. The van der Waals surface area contributed by atoms with Gasteiger partial charge in [0.15, 0.2) is 5.13 Å². The van der Waals surface area contributed by atoms with Crippen molar-refractivity contribution in [2.24, 2.45) is 0 Å².